The molecule has 0 radical (unpaired) electrons. The van der Waals surface area contributed by atoms with Gasteiger partial charge in [0.2, 0.25) is 0 Å². The Bertz CT molecular complexity index is 225. The van der Waals surface area contributed by atoms with Crippen LogP contribution in [0.1, 0.15) is 0 Å². The minimum atomic E-state index is 0.0364. The molecule has 1 aromatic rings. The van der Waals surface area contributed by atoms with Crippen molar-refractivity contribution in [3.63, 3.8) is 0 Å². The Morgan fingerprint density at radius 2 is 2.42 bits per heavy atom. The average Bonchev–Trinajstić information content (AvgIpc) is 2.45. The quantitative estimate of drug-likeness (QED) is 0.549. The zero-order valence-corrected chi connectivity index (χ0v) is 6.68. The number of ether oxygens (including phenoxy) is 1. The summed E-state index contributed by atoms with van der Waals surface area (Å²) in [6.45, 7) is 1.41. The zero-order chi connectivity index (χ0) is 8.81. The molecule has 0 amide bonds. The van der Waals surface area contributed by atoms with E-state index in [4.69, 9.17) is 15.6 Å². The summed E-state index contributed by atoms with van der Waals surface area (Å²) in [4.78, 5) is 1.45. The van der Waals surface area contributed by atoms with Crippen LogP contribution in [0.5, 0.6) is 0 Å². The molecule has 0 atom stereocenters. The van der Waals surface area contributed by atoms with Gasteiger partial charge in [0.05, 0.1) is 32.6 Å². The van der Waals surface area contributed by atoms with Gasteiger partial charge in [-0.3, -0.25) is 0 Å². The molecule has 0 saturated carbocycles. The first-order chi connectivity index (χ1) is 5.83. The van der Waals surface area contributed by atoms with E-state index in [1.807, 2.05) is 0 Å². The van der Waals surface area contributed by atoms with Crippen molar-refractivity contribution in [1.82, 2.24) is 15.0 Å². The van der Waals surface area contributed by atoms with Crippen molar-refractivity contribution in [3.05, 3.63) is 6.20 Å². The van der Waals surface area contributed by atoms with Crippen LogP contribution in [0.2, 0.25) is 0 Å². The van der Waals surface area contributed by atoms with Crippen LogP contribution in [0.3, 0.4) is 0 Å². The van der Waals surface area contributed by atoms with E-state index in [9.17, 15) is 0 Å². The monoisotopic (exact) mass is 172 g/mol. The van der Waals surface area contributed by atoms with Crippen LogP contribution in [0.15, 0.2) is 6.20 Å². The Balaban J connectivity index is 2.15. The van der Waals surface area contributed by atoms with Gasteiger partial charge in [-0.15, -0.1) is 5.10 Å². The van der Waals surface area contributed by atoms with Crippen LogP contribution >= 0.6 is 0 Å². The predicted octanol–water partition coefficient (Wildman–Crippen LogP) is -1.13. The molecule has 0 bridgehead atoms. The number of nitrogen functional groups attached to an aromatic ring is 1. The summed E-state index contributed by atoms with van der Waals surface area (Å²) < 4.78 is 5.00. The molecular weight excluding hydrogens is 160 g/mol. The van der Waals surface area contributed by atoms with Crippen molar-refractivity contribution in [3.8, 4) is 0 Å². The van der Waals surface area contributed by atoms with Gasteiger partial charge in [0, 0.05) is 0 Å². The molecular formula is C6H12N4O2. The van der Waals surface area contributed by atoms with E-state index in [2.05, 4.69) is 10.2 Å². The first-order valence-electron chi connectivity index (χ1n) is 3.67. The average molecular weight is 172 g/mol. The van der Waals surface area contributed by atoms with E-state index in [1.54, 1.807) is 0 Å². The summed E-state index contributed by atoms with van der Waals surface area (Å²) in [7, 11) is 0. The second kappa shape index (κ2) is 4.68. The van der Waals surface area contributed by atoms with Crippen molar-refractivity contribution >= 4 is 5.82 Å². The number of aliphatic hydroxyl groups excluding tert-OH is 1. The summed E-state index contributed by atoms with van der Waals surface area (Å²) in [5.74, 6) is 0.400. The number of hydrogen-bond donors (Lipinski definition) is 2. The van der Waals surface area contributed by atoms with E-state index in [0.29, 0.717) is 25.6 Å². The Morgan fingerprint density at radius 1 is 1.58 bits per heavy atom. The third kappa shape index (κ3) is 2.85. The highest BCUT2D eigenvalue weighted by Crippen LogP contribution is 1.90. The van der Waals surface area contributed by atoms with Gasteiger partial charge in [-0.25, -0.2) is 0 Å². The molecule has 1 aromatic heterocycles. The van der Waals surface area contributed by atoms with Crippen molar-refractivity contribution in [2.45, 2.75) is 6.54 Å². The molecule has 0 aliphatic heterocycles. The van der Waals surface area contributed by atoms with Gasteiger partial charge in [0.15, 0.2) is 5.82 Å². The summed E-state index contributed by atoms with van der Waals surface area (Å²) in [6.07, 6.45) is 1.48. The van der Waals surface area contributed by atoms with Crippen LogP contribution in [0, 0.1) is 0 Å². The second-order valence-corrected chi connectivity index (χ2v) is 2.20. The molecule has 1 heterocycles. The molecule has 0 aliphatic rings. The fraction of sp³-hybridized carbons (Fsp3) is 0.667. The number of hydrogen-bond acceptors (Lipinski definition) is 5. The lowest BCUT2D eigenvalue weighted by atomic mass is 10.7. The van der Waals surface area contributed by atoms with Gasteiger partial charge >= 0.3 is 0 Å². The molecule has 6 heteroatoms. The Hall–Kier alpha value is -1.14. The number of nitrogens with two attached hydrogens (primary N) is 1. The number of aliphatic hydroxyl groups is 1. The molecule has 1 rings (SSSR count). The fourth-order valence-electron chi connectivity index (χ4n) is 0.731. The summed E-state index contributed by atoms with van der Waals surface area (Å²) >= 11 is 0. The molecule has 0 unspecified atom stereocenters. The first kappa shape index (κ1) is 8.95. The first-order valence-corrected chi connectivity index (χ1v) is 3.67. The molecule has 6 nitrogen and oxygen atoms in total. The van der Waals surface area contributed by atoms with Gasteiger partial charge in [0.25, 0.3) is 0 Å². The van der Waals surface area contributed by atoms with E-state index in [1.165, 1.54) is 11.0 Å². The number of rotatable bonds is 5. The maximum absolute atomic E-state index is 8.38. The largest absolute Gasteiger partial charge is 0.394 e. The third-order valence-corrected chi connectivity index (χ3v) is 1.23. The predicted molar refractivity (Wildman–Crippen MR) is 42.3 cm³/mol. The van der Waals surface area contributed by atoms with E-state index < -0.39 is 0 Å². The van der Waals surface area contributed by atoms with Gasteiger partial charge in [-0.2, -0.15) is 9.90 Å². The lowest BCUT2D eigenvalue weighted by molar-refractivity contribution is 0.0834. The van der Waals surface area contributed by atoms with Crippen LogP contribution in [-0.2, 0) is 11.3 Å². The highest BCUT2D eigenvalue weighted by molar-refractivity contribution is 5.19. The van der Waals surface area contributed by atoms with Crippen molar-refractivity contribution < 1.29 is 9.84 Å². The van der Waals surface area contributed by atoms with Crippen LogP contribution in [0.4, 0.5) is 5.82 Å². The van der Waals surface area contributed by atoms with E-state index >= 15 is 0 Å². The summed E-state index contributed by atoms with van der Waals surface area (Å²) in [5, 5.41) is 16.1. The lowest BCUT2D eigenvalue weighted by Gasteiger charge is -2.00. The Morgan fingerprint density at radius 3 is 3.00 bits per heavy atom. The lowest BCUT2D eigenvalue weighted by Crippen LogP contribution is -2.10. The standard InChI is InChI=1S/C6H12N4O2/c7-6-5-8-10(9-6)1-3-12-4-2-11/h5,11H,1-4H2,(H2,7,9). The number of nitrogens with zero attached hydrogens (tertiary/aromatic N) is 3. The van der Waals surface area contributed by atoms with Crippen LogP contribution in [0.25, 0.3) is 0 Å². The molecule has 0 saturated heterocycles. The van der Waals surface area contributed by atoms with Crippen LogP contribution < -0.4 is 5.73 Å². The summed E-state index contributed by atoms with van der Waals surface area (Å²) in [5.41, 5.74) is 5.33. The minimum Gasteiger partial charge on any atom is -0.394 e. The zero-order valence-electron chi connectivity index (χ0n) is 6.68. The number of anilines is 1. The minimum absolute atomic E-state index is 0.0364. The van der Waals surface area contributed by atoms with Gasteiger partial charge in [0.1, 0.15) is 0 Å². The van der Waals surface area contributed by atoms with Crippen molar-refractivity contribution in [1.29, 1.82) is 0 Å². The van der Waals surface area contributed by atoms with Gasteiger partial charge < -0.3 is 15.6 Å². The van der Waals surface area contributed by atoms with Crippen molar-refractivity contribution in [2.24, 2.45) is 0 Å². The molecule has 0 aliphatic carbocycles. The van der Waals surface area contributed by atoms with Gasteiger partial charge in [-0.05, 0) is 0 Å². The maximum atomic E-state index is 8.38. The molecule has 0 fully saturated rings. The second-order valence-electron chi connectivity index (χ2n) is 2.20. The third-order valence-electron chi connectivity index (χ3n) is 1.23. The molecule has 3 N–H and O–H groups in total. The van der Waals surface area contributed by atoms with E-state index in [0.717, 1.165) is 0 Å². The highest BCUT2D eigenvalue weighted by atomic mass is 16.5. The Kier molecular flexibility index (Phi) is 3.49. The smallest absolute Gasteiger partial charge is 0.165 e. The molecule has 68 valence electrons. The Labute approximate surface area is 69.9 Å². The normalized spacial score (nSPS) is 10.4. The van der Waals surface area contributed by atoms with Crippen molar-refractivity contribution in [2.75, 3.05) is 25.6 Å². The molecule has 0 aromatic carbocycles. The SMILES string of the molecule is Nc1cnn(CCOCCO)n1. The van der Waals surface area contributed by atoms with Gasteiger partial charge in [-0.1, -0.05) is 0 Å². The topological polar surface area (TPSA) is 86.2 Å². The highest BCUT2D eigenvalue weighted by Gasteiger charge is 1.94. The number of aromatic nitrogens is 3. The van der Waals surface area contributed by atoms with E-state index in [-0.39, 0.29) is 6.61 Å². The summed E-state index contributed by atoms with van der Waals surface area (Å²) in [6, 6.07) is 0. The van der Waals surface area contributed by atoms with Crippen LogP contribution in [-0.4, -0.2) is 39.9 Å². The fourth-order valence-corrected chi connectivity index (χ4v) is 0.731. The maximum Gasteiger partial charge on any atom is 0.165 e. The molecule has 0 spiro atoms. The molecule has 12 heavy (non-hydrogen) atoms.